The van der Waals surface area contributed by atoms with Crippen molar-refractivity contribution in [3.8, 4) is 0 Å². The van der Waals surface area contributed by atoms with Crippen molar-refractivity contribution in [2.45, 2.75) is 58.9 Å². The molecule has 3 rings (SSSR count). The minimum atomic E-state index is -0.246. The van der Waals surface area contributed by atoms with Gasteiger partial charge in [0.05, 0.1) is 12.2 Å². The van der Waals surface area contributed by atoms with E-state index in [9.17, 15) is 4.79 Å². The number of hydrogen-bond acceptors (Lipinski definition) is 4. The molecule has 1 aromatic heterocycles. The third-order valence-electron chi connectivity index (χ3n) is 4.95. The van der Waals surface area contributed by atoms with Gasteiger partial charge in [-0.2, -0.15) is 0 Å². The maximum atomic E-state index is 12.7. The Balaban J connectivity index is 1.75. The van der Waals surface area contributed by atoms with Gasteiger partial charge in [-0.15, -0.1) is 11.3 Å². The van der Waals surface area contributed by atoms with E-state index < -0.39 is 0 Å². The average molecular weight is 417 g/mol. The van der Waals surface area contributed by atoms with E-state index in [0.717, 1.165) is 29.8 Å². The second-order valence-electron chi connectivity index (χ2n) is 7.14. The molecular formula is C22H28N2O2S2. The Bertz CT molecular complexity index is 828. The third-order valence-corrected chi connectivity index (χ3v) is 6.41. The number of rotatable bonds is 5. The summed E-state index contributed by atoms with van der Waals surface area (Å²) in [7, 11) is 0. The van der Waals surface area contributed by atoms with Crippen LogP contribution in [0.15, 0.2) is 24.3 Å². The van der Waals surface area contributed by atoms with E-state index in [-0.39, 0.29) is 5.97 Å². The summed E-state index contributed by atoms with van der Waals surface area (Å²) in [4.78, 5) is 14.0. The maximum Gasteiger partial charge on any atom is 0.341 e. The zero-order chi connectivity index (χ0) is 19.9. The van der Waals surface area contributed by atoms with Crippen molar-refractivity contribution in [3.63, 3.8) is 0 Å². The molecule has 150 valence electrons. The molecule has 0 saturated heterocycles. The van der Waals surface area contributed by atoms with Crippen LogP contribution < -0.4 is 10.6 Å². The van der Waals surface area contributed by atoms with Gasteiger partial charge in [0.2, 0.25) is 0 Å². The highest BCUT2D eigenvalue weighted by Crippen LogP contribution is 2.37. The highest BCUT2D eigenvalue weighted by Gasteiger charge is 2.25. The molecule has 1 aliphatic carbocycles. The second-order valence-corrected chi connectivity index (χ2v) is 8.65. The minimum Gasteiger partial charge on any atom is -0.462 e. The van der Waals surface area contributed by atoms with Gasteiger partial charge in [-0.05, 0) is 62.9 Å². The predicted octanol–water partition coefficient (Wildman–Crippen LogP) is 5.38. The van der Waals surface area contributed by atoms with Gasteiger partial charge in [-0.3, -0.25) is 0 Å². The molecule has 0 fully saturated rings. The molecule has 0 radical (unpaired) electrons. The largest absolute Gasteiger partial charge is 0.462 e. The van der Waals surface area contributed by atoms with E-state index in [4.69, 9.17) is 17.0 Å². The fourth-order valence-corrected chi connectivity index (χ4v) is 4.98. The topological polar surface area (TPSA) is 50.4 Å². The Hall–Kier alpha value is -1.92. The number of benzene rings is 1. The molecule has 0 spiro atoms. The summed E-state index contributed by atoms with van der Waals surface area (Å²) < 4.78 is 5.35. The first kappa shape index (κ1) is 20.8. The summed E-state index contributed by atoms with van der Waals surface area (Å²) in [5, 5.41) is 7.85. The minimum absolute atomic E-state index is 0.246. The summed E-state index contributed by atoms with van der Waals surface area (Å²) in [6.45, 7) is 4.93. The van der Waals surface area contributed by atoms with Crippen molar-refractivity contribution >= 4 is 39.6 Å². The summed E-state index contributed by atoms with van der Waals surface area (Å²) in [6, 6.07) is 8.36. The number of ether oxygens (including phenoxy) is 1. The Kier molecular flexibility index (Phi) is 7.45. The molecule has 0 saturated carbocycles. The lowest BCUT2D eigenvalue weighted by molar-refractivity contribution is 0.0526. The number of anilines is 1. The van der Waals surface area contributed by atoms with Gasteiger partial charge in [-0.1, -0.05) is 42.7 Å². The van der Waals surface area contributed by atoms with E-state index in [1.54, 1.807) is 11.3 Å². The molecule has 6 heteroatoms. The Morgan fingerprint density at radius 1 is 1.14 bits per heavy atom. The summed E-state index contributed by atoms with van der Waals surface area (Å²) in [5.41, 5.74) is 4.24. The van der Waals surface area contributed by atoms with E-state index >= 15 is 0 Å². The van der Waals surface area contributed by atoms with Crippen LogP contribution in [0.2, 0.25) is 0 Å². The number of thiocarbonyl (C=S) groups is 1. The summed E-state index contributed by atoms with van der Waals surface area (Å²) in [6.07, 6.45) is 6.72. The maximum absolute atomic E-state index is 12.7. The normalized spacial score (nSPS) is 13.8. The van der Waals surface area contributed by atoms with Crippen molar-refractivity contribution < 1.29 is 9.53 Å². The van der Waals surface area contributed by atoms with Crippen LogP contribution in [0.4, 0.5) is 5.00 Å². The van der Waals surface area contributed by atoms with Crippen LogP contribution in [0.1, 0.15) is 64.5 Å². The SMILES string of the molecule is CCOC(=O)c1c(NC(=S)NCc2ccc(C)cc2)sc2c1CCCCCC2. The third kappa shape index (κ3) is 5.32. The number of thiophene rings is 1. The monoisotopic (exact) mass is 416 g/mol. The molecular weight excluding hydrogens is 388 g/mol. The molecule has 0 atom stereocenters. The zero-order valence-electron chi connectivity index (χ0n) is 16.6. The van der Waals surface area contributed by atoms with Crippen LogP contribution in [-0.4, -0.2) is 17.7 Å². The molecule has 1 heterocycles. The number of carbonyl (C=O) groups excluding carboxylic acids is 1. The number of fused-ring (bicyclic) bond motifs is 1. The Morgan fingerprint density at radius 3 is 2.57 bits per heavy atom. The van der Waals surface area contributed by atoms with Crippen molar-refractivity contribution in [2.75, 3.05) is 11.9 Å². The van der Waals surface area contributed by atoms with Crippen LogP contribution in [-0.2, 0) is 24.1 Å². The summed E-state index contributed by atoms with van der Waals surface area (Å²) in [5.74, 6) is -0.246. The van der Waals surface area contributed by atoms with Crippen molar-refractivity contribution in [2.24, 2.45) is 0 Å². The van der Waals surface area contributed by atoms with Gasteiger partial charge in [0.15, 0.2) is 5.11 Å². The Morgan fingerprint density at radius 2 is 1.86 bits per heavy atom. The fourth-order valence-electron chi connectivity index (χ4n) is 3.46. The summed E-state index contributed by atoms with van der Waals surface area (Å²) >= 11 is 7.15. The van der Waals surface area contributed by atoms with E-state index in [1.807, 2.05) is 6.92 Å². The molecule has 0 aliphatic heterocycles. The van der Waals surface area contributed by atoms with Gasteiger partial charge in [0, 0.05) is 11.4 Å². The van der Waals surface area contributed by atoms with E-state index in [1.165, 1.54) is 35.3 Å². The molecule has 0 amide bonds. The molecule has 28 heavy (non-hydrogen) atoms. The van der Waals surface area contributed by atoms with Crippen molar-refractivity contribution in [1.82, 2.24) is 5.32 Å². The van der Waals surface area contributed by atoms with Gasteiger partial charge in [-0.25, -0.2) is 4.79 Å². The van der Waals surface area contributed by atoms with Gasteiger partial charge in [0.1, 0.15) is 5.00 Å². The first-order chi connectivity index (χ1) is 13.6. The molecule has 0 bridgehead atoms. The highest BCUT2D eigenvalue weighted by atomic mass is 32.1. The lowest BCUT2D eigenvalue weighted by atomic mass is 9.96. The second kappa shape index (κ2) is 10.0. The number of hydrogen-bond donors (Lipinski definition) is 2. The standard InChI is InChI=1S/C22H28N2O2S2/c1-3-26-21(25)19-17-8-6-4-5-7-9-18(17)28-20(19)24-22(27)23-14-16-12-10-15(2)11-13-16/h10-13H,3-9,14H2,1-2H3,(H2,23,24,27). The molecule has 4 nitrogen and oxygen atoms in total. The van der Waals surface area contributed by atoms with Gasteiger partial charge < -0.3 is 15.4 Å². The number of aryl methyl sites for hydroxylation is 2. The molecule has 1 aromatic carbocycles. The van der Waals surface area contributed by atoms with Crippen LogP contribution in [0, 0.1) is 6.92 Å². The first-order valence-electron chi connectivity index (χ1n) is 10.0. The molecule has 1 aliphatic rings. The van der Waals surface area contributed by atoms with Crippen LogP contribution >= 0.6 is 23.6 Å². The number of esters is 1. The number of nitrogens with one attached hydrogen (secondary N) is 2. The van der Waals surface area contributed by atoms with Crippen molar-refractivity contribution in [1.29, 1.82) is 0 Å². The highest BCUT2D eigenvalue weighted by molar-refractivity contribution is 7.80. The lowest BCUT2D eigenvalue weighted by Gasteiger charge is -2.13. The van der Waals surface area contributed by atoms with E-state index in [0.29, 0.717) is 23.8 Å². The molecule has 0 unspecified atom stereocenters. The quantitative estimate of drug-likeness (QED) is 0.506. The predicted molar refractivity (Wildman–Crippen MR) is 120 cm³/mol. The Labute approximate surface area is 176 Å². The smallest absolute Gasteiger partial charge is 0.341 e. The van der Waals surface area contributed by atoms with E-state index in [2.05, 4.69) is 41.8 Å². The van der Waals surface area contributed by atoms with Crippen LogP contribution in [0.5, 0.6) is 0 Å². The molecule has 2 aromatic rings. The van der Waals surface area contributed by atoms with Gasteiger partial charge >= 0.3 is 5.97 Å². The number of carbonyl (C=O) groups is 1. The molecule has 2 N–H and O–H groups in total. The first-order valence-corrected chi connectivity index (χ1v) is 11.2. The van der Waals surface area contributed by atoms with Crippen molar-refractivity contribution in [3.05, 3.63) is 51.4 Å². The van der Waals surface area contributed by atoms with Crippen LogP contribution in [0.25, 0.3) is 0 Å². The lowest BCUT2D eigenvalue weighted by Crippen LogP contribution is -2.28. The van der Waals surface area contributed by atoms with Gasteiger partial charge in [0.25, 0.3) is 0 Å². The fraction of sp³-hybridized carbons (Fsp3) is 0.455. The zero-order valence-corrected chi connectivity index (χ0v) is 18.2. The average Bonchev–Trinajstić information content (AvgIpc) is 2.97. The van der Waals surface area contributed by atoms with Crippen LogP contribution in [0.3, 0.4) is 0 Å².